The molecule has 1 spiro atoms. The van der Waals surface area contributed by atoms with Crippen LogP contribution in [0.1, 0.15) is 44.9 Å². The van der Waals surface area contributed by atoms with E-state index in [2.05, 4.69) is 34.5 Å². The Morgan fingerprint density at radius 1 is 1.00 bits per heavy atom. The number of carbonyl (C=O) groups is 1. The van der Waals surface area contributed by atoms with E-state index < -0.39 is 0 Å². The van der Waals surface area contributed by atoms with Crippen molar-refractivity contribution in [2.75, 3.05) is 26.2 Å². The average molecular weight is 381 g/mol. The summed E-state index contributed by atoms with van der Waals surface area (Å²) < 4.78 is -0.209. The van der Waals surface area contributed by atoms with Crippen LogP contribution in [-0.2, 0) is 4.79 Å². The third-order valence-electron chi connectivity index (χ3n) is 6.30. The summed E-state index contributed by atoms with van der Waals surface area (Å²) in [7, 11) is 0. The van der Waals surface area contributed by atoms with E-state index in [9.17, 15) is 4.79 Å². The third kappa shape index (κ3) is 3.86. The quantitative estimate of drug-likeness (QED) is 0.856. The highest BCUT2D eigenvalue weighted by Crippen LogP contribution is 2.47. The number of hydrogen-bond acceptors (Lipinski definition) is 3. The lowest BCUT2D eigenvalue weighted by Gasteiger charge is -2.42. The first-order chi connectivity index (χ1) is 11.7. The van der Waals surface area contributed by atoms with E-state index in [1.165, 1.54) is 37.0 Å². The lowest BCUT2D eigenvalue weighted by molar-refractivity contribution is -0.135. The number of rotatable bonds is 3. The summed E-state index contributed by atoms with van der Waals surface area (Å²) in [6, 6.07) is 10.5. The zero-order chi connectivity index (χ0) is 16.5. The van der Waals surface area contributed by atoms with Gasteiger partial charge in [0.15, 0.2) is 0 Å². The van der Waals surface area contributed by atoms with Crippen LogP contribution < -0.4 is 5.32 Å². The van der Waals surface area contributed by atoms with Gasteiger partial charge in [0.25, 0.3) is 0 Å². The smallest absolute Gasteiger partial charge is 0.239 e. The first-order valence-electron chi connectivity index (χ1n) is 9.46. The molecule has 25 heavy (non-hydrogen) atoms. The van der Waals surface area contributed by atoms with Crippen LogP contribution in [-0.4, -0.2) is 41.7 Å². The Hall–Kier alpha value is -0.710. The SMILES string of the molecule is Cl.O=C(N1CCC2(CCNC2)CC1)C1(Sc2ccccc2)CCCC1. The molecule has 2 heterocycles. The standard InChI is InChI=1S/C20H28N2OS.ClH/c23-18(22-14-11-19(12-15-22)10-13-21-16-19)20(8-4-5-9-20)24-17-6-2-1-3-7-17;/h1-3,6-7,21H,4-5,8-16H2;1H. The van der Waals surface area contributed by atoms with Gasteiger partial charge < -0.3 is 10.2 Å². The van der Waals surface area contributed by atoms with Crippen LogP contribution in [0.4, 0.5) is 0 Å². The summed E-state index contributed by atoms with van der Waals surface area (Å²) in [5.41, 5.74) is 0.478. The monoisotopic (exact) mass is 380 g/mol. The lowest BCUT2D eigenvalue weighted by Crippen LogP contribution is -2.50. The minimum atomic E-state index is -0.209. The van der Waals surface area contributed by atoms with Crippen molar-refractivity contribution in [3.05, 3.63) is 30.3 Å². The minimum Gasteiger partial charge on any atom is -0.341 e. The molecule has 5 heteroatoms. The van der Waals surface area contributed by atoms with Crippen LogP contribution in [0.5, 0.6) is 0 Å². The molecule has 3 aliphatic rings. The molecule has 0 atom stereocenters. The van der Waals surface area contributed by atoms with Crippen molar-refractivity contribution < 1.29 is 4.79 Å². The fourth-order valence-electron chi connectivity index (χ4n) is 4.71. The van der Waals surface area contributed by atoms with Gasteiger partial charge in [0.05, 0.1) is 4.75 Å². The van der Waals surface area contributed by atoms with E-state index in [4.69, 9.17) is 0 Å². The van der Waals surface area contributed by atoms with Gasteiger partial charge in [-0.2, -0.15) is 0 Å². The summed E-state index contributed by atoms with van der Waals surface area (Å²) in [6.07, 6.45) is 8.10. The van der Waals surface area contributed by atoms with E-state index in [1.807, 2.05) is 17.8 Å². The number of benzene rings is 1. The van der Waals surface area contributed by atoms with E-state index in [0.717, 1.165) is 39.0 Å². The van der Waals surface area contributed by atoms with E-state index in [-0.39, 0.29) is 17.2 Å². The Kier molecular flexibility index (Phi) is 6.02. The zero-order valence-electron chi connectivity index (χ0n) is 14.8. The normalized spacial score (nSPS) is 24.2. The molecule has 2 saturated heterocycles. The van der Waals surface area contributed by atoms with Gasteiger partial charge in [-0.15, -0.1) is 24.2 Å². The molecular weight excluding hydrogens is 352 g/mol. The number of thioether (sulfide) groups is 1. The second kappa shape index (κ2) is 7.89. The minimum absolute atomic E-state index is 0. The number of hydrogen-bond donors (Lipinski definition) is 1. The molecule has 1 aromatic carbocycles. The number of piperidine rings is 1. The Labute approximate surface area is 161 Å². The second-order valence-corrected chi connectivity index (χ2v) is 9.29. The highest BCUT2D eigenvalue weighted by atomic mass is 35.5. The van der Waals surface area contributed by atoms with Gasteiger partial charge >= 0.3 is 0 Å². The largest absolute Gasteiger partial charge is 0.341 e. The molecule has 0 aromatic heterocycles. The van der Waals surface area contributed by atoms with Crippen molar-refractivity contribution in [3.63, 3.8) is 0 Å². The van der Waals surface area contributed by atoms with Gasteiger partial charge in [0, 0.05) is 24.5 Å². The molecule has 0 radical (unpaired) electrons. The Bertz CT molecular complexity index is 573. The van der Waals surface area contributed by atoms with Crippen LogP contribution in [0.2, 0.25) is 0 Å². The molecule has 1 aliphatic carbocycles. The number of halogens is 1. The molecule has 0 unspecified atom stereocenters. The van der Waals surface area contributed by atoms with Crippen molar-refractivity contribution in [3.8, 4) is 0 Å². The summed E-state index contributed by atoms with van der Waals surface area (Å²) in [6.45, 7) is 4.22. The molecule has 1 N–H and O–H groups in total. The molecular formula is C20H29ClN2OS. The number of nitrogens with one attached hydrogen (secondary N) is 1. The van der Waals surface area contributed by atoms with Gasteiger partial charge in [-0.1, -0.05) is 31.0 Å². The molecule has 3 fully saturated rings. The number of carbonyl (C=O) groups excluding carboxylic acids is 1. The van der Waals surface area contributed by atoms with Gasteiger partial charge in [-0.25, -0.2) is 0 Å². The predicted octanol–water partition coefficient (Wildman–Crippen LogP) is 4.12. The van der Waals surface area contributed by atoms with E-state index in [0.29, 0.717) is 11.3 Å². The van der Waals surface area contributed by atoms with Crippen LogP contribution in [0.15, 0.2) is 35.2 Å². The zero-order valence-corrected chi connectivity index (χ0v) is 16.5. The summed E-state index contributed by atoms with van der Waals surface area (Å²) in [5, 5.41) is 3.51. The topological polar surface area (TPSA) is 32.3 Å². The summed E-state index contributed by atoms with van der Waals surface area (Å²) in [4.78, 5) is 16.8. The maximum Gasteiger partial charge on any atom is 0.239 e. The van der Waals surface area contributed by atoms with E-state index >= 15 is 0 Å². The Morgan fingerprint density at radius 3 is 2.28 bits per heavy atom. The maximum absolute atomic E-state index is 13.4. The third-order valence-corrected chi connectivity index (χ3v) is 7.78. The van der Waals surface area contributed by atoms with Crippen molar-refractivity contribution >= 4 is 30.1 Å². The highest BCUT2D eigenvalue weighted by Gasteiger charge is 2.46. The van der Waals surface area contributed by atoms with Crippen molar-refractivity contribution in [2.45, 2.75) is 54.6 Å². The van der Waals surface area contributed by atoms with Crippen molar-refractivity contribution in [1.82, 2.24) is 10.2 Å². The van der Waals surface area contributed by atoms with Gasteiger partial charge in [-0.05, 0) is 56.2 Å². The molecule has 138 valence electrons. The van der Waals surface area contributed by atoms with Gasteiger partial charge in [0.2, 0.25) is 5.91 Å². The fourth-order valence-corrected chi connectivity index (χ4v) is 6.17. The van der Waals surface area contributed by atoms with Crippen LogP contribution in [0, 0.1) is 5.41 Å². The molecule has 2 aliphatic heterocycles. The van der Waals surface area contributed by atoms with Gasteiger partial charge in [-0.3, -0.25) is 4.79 Å². The van der Waals surface area contributed by atoms with Gasteiger partial charge in [0.1, 0.15) is 0 Å². The van der Waals surface area contributed by atoms with Crippen molar-refractivity contribution in [1.29, 1.82) is 0 Å². The van der Waals surface area contributed by atoms with E-state index in [1.54, 1.807) is 0 Å². The molecule has 1 aromatic rings. The molecule has 1 amide bonds. The average Bonchev–Trinajstić information content (AvgIpc) is 3.27. The maximum atomic E-state index is 13.4. The van der Waals surface area contributed by atoms with Crippen LogP contribution in [0.25, 0.3) is 0 Å². The fraction of sp³-hybridized carbons (Fsp3) is 0.650. The first kappa shape index (κ1) is 19.1. The summed E-state index contributed by atoms with van der Waals surface area (Å²) >= 11 is 1.82. The molecule has 1 saturated carbocycles. The molecule has 0 bridgehead atoms. The Balaban J connectivity index is 0.00000182. The number of likely N-dealkylation sites (tertiary alicyclic amines) is 1. The van der Waals surface area contributed by atoms with Crippen LogP contribution in [0.3, 0.4) is 0 Å². The lowest BCUT2D eigenvalue weighted by atomic mass is 9.77. The first-order valence-corrected chi connectivity index (χ1v) is 10.3. The molecule has 3 nitrogen and oxygen atoms in total. The predicted molar refractivity (Wildman–Crippen MR) is 106 cm³/mol. The second-order valence-electron chi connectivity index (χ2n) is 7.84. The van der Waals surface area contributed by atoms with Crippen molar-refractivity contribution in [2.24, 2.45) is 5.41 Å². The molecule has 4 rings (SSSR count). The number of nitrogens with zero attached hydrogens (tertiary/aromatic N) is 1. The Morgan fingerprint density at radius 2 is 1.68 bits per heavy atom. The summed E-state index contributed by atoms with van der Waals surface area (Å²) in [5.74, 6) is 0.412. The number of amides is 1. The van der Waals surface area contributed by atoms with Crippen LogP contribution >= 0.6 is 24.2 Å². The highest BCUT2D eigenvalue weighted by molar-refractivity contribution is 8.01.